The molecule has 3 aromatic rings. The lowest BCUT2D eigenvalue weighted by molar-refractivity contribution is -0.134. The van der Waals surface area contributed by atoms with Gasteiger partial charge in [0.15, 0.2) is 5.82 Å². The number of nitrogens with zero attached hydrogens (tertiary/aromatic N) is 3. The summed E-state index contributed by atoms with van der Waals surface area (Å²) in [6.07, 6.45) is 3.27. The average molecular weight is 479 g/mol. The van der Waals surface area contributed by atoms with Crippen LogP contribution in [-0.4, -0.2) is 37.8 Å². The monoisotopic (exact) mass is 478 g/mol. The molecule has 1 aliphatic carbocycles. The molecule has 7 heteroatoms. The Morgan fingerprint density at radius 3 is 2.65 bits per heavy atom. The first-order valence-electron chi connectivity index (χ1n) is 12.1. The summed E-state index contributed by atoms with van der Waals surface area (Å²) in [5.74, 6) is 0.994. The van der Waals surface area contributed by atoms with Crippen molar-refractivity contribution in [2.75, 3.05) is 0 Å². The van der Waals surface area contributed by atoms with Gasteiger partial charge in [-0.15, -0.1) is 0 Å². The van der Waals surface area contributed by atoms with E-state index in [1.807, 2.05) is 60.0 Å². The Morgan fingerprint density at radius 2 is 1.88 bits per heavy atom. The number of benzene rings is 2. The Kier molecular flexibility index (Phi) is 5.88. The lowest BCUT2D eigenvalue weighted by atomic mass is 9.77. The van der Waals surface area contributed by atoms with E-state index in [0.717, 1.165) is 29.4 Å². The van der Waals surface area contributed by atoms with E-state index in [1.165, 1.54) is 6.42 Å². The van der Waals surface area contributed by atoms with E-state index in [9.17, 15) is 9.59 Å². The van der Waals surface area contributed by atoms with Crippen molar-refractivity contribution in [3.63, 3.8) is 0 Å². The van der Waals surface area contributed by atoms with Crippen LogP contribution in [0, 0.1) is 11.8 Å². The topological polar surface area (TPSA) is 67.2 Å². The van der Waals surface area contributed by atoms with Crippen LogP contribution in [0.3, 0.4) is 0 Å². The second-order valence-electron chi connectivity index (χ2n) is 10.1. The SMILES string of the molecule is C[C@H]1[C@H](C)CCC[C@@H]1NC(=O)[C@@]1(C)Cn2c(nc3ccccc32)C(=O)N1Cc1ccc(Cl)cc1. The molecule has 1 aromatic heterocycles. The van der Waals surface area contributed by atoms with Gasteiger partial charge in [0.25, 0.3) is 5.91 Å². The Bertz CT molecular complexity index is 1240. The first kappa shape index (κ1) is 22.9. The fourth-order valence-electron chi connectivity index (χ4n) is 5.46. The van der Waals surface area contributed by atoms with Crippen LogP contribution >= 0.6 is 11.6 Å². The first-order chi connectivity index (χ1) is 16.3. The molecule has 0 spiro atoms. The summed E-state index contributed by atoms with van der Waals surface area (Å²) in [6.45, 7) is 7.01. The van der Waals surface area contributed by atoms with Crippen LogP contribution in [0.1, 0.15) is 56.2 Å². The summed E-state index contributed by atoms with van der Waals surface area (Å²) in [5.41, 5.74) is 1.49. The number of carbonyl (C=O) groups is 2. The van der Waals surface area contributed by atoms with E-state index in [0.29, 0.717) is 35.8 Å². The van der Waals surface area contributed by atoms with Crippen LogP contribution < -0.4 is 5.32 Å². The molecular weight excluding hydrogens is 448 g/mol. The van der Waals surface area contributed by atoms with Gasteiger partial charge >= 0.3 is 0 Å². The van der Waals surface area contributed by atoms with Gasteiger partial charge in [-0.25, -0.2) is 4.98 Å². The largest absolute Gasteiger partial charge is 0.351 e. The highest BCUT2D eigenvalue weighted by Crippen LogP contribution is 2.34. The number of hydrogen-bond donors (Lipinski definition) is 1. The molecular formula is C27H31ClN4O2. The Morgan fingerprint density at radius 1 is 1.15 bits per heavy atom. The lowest BCUT2D eigenvalue weighted by Crippen LogP contribution is -2.65. The zero-order valence-corrected chi connectivity index (χ0v) is 20.7. The number of para-hydroxylation sites is 2. The van der Waals surface area contributed by atoms with Crippen LogP contribution in [-0.2, 0) is 17.9 Å². The van der Waals surface area contributed by atoms with Gasteiger partial charge in [-0.2, -0.15) is 0 Å². The van der Waals surface area contributed by atoms with Gasteiger partial charge in [0.05, 0.1) is 17.6 Å². The van der Waals surface area contributed by atoms with Gasteiger partial charge in [0.2, 0.25) is 5.91 Å². The van der Waals surface area contributed by atoms with E-state index in [1.54, 1.807) is 4.90 Å². The number of rotatable bonds is 4. The molecule has 2 aliphatic rings. The molecule has 6 nitrogen and oxygen atoms in total. The number of carbonyl (C=O) groups excluding carboxylic acids is 2. The molecule has 2 aromatic carbocycles. The van der Waals surface area contributed by atoms with Crippen molar-refractivity contribution in [2.45, 2.75) is 64.7 Å². The third kappa shape index (κ3) is 3.88. The molecule has 2 heterocycles. The normalized spacial score (nSPS) is 27.0. The summed E-state index contributed by atoms with van der Waals surface area (Å²) in [5, 5.41) is 3.97. The summed E-state index contributed by atoms with van der Waals surface area (Å²) < 4.78 is 1.91. The standard InChI is InChI=1S/C27H31ClN4O2/c1-17-7-6-9-21(18(17)2)30-26(34)27(3)16-31-23-10-5-4-8-22(23)29-24(31)25(33)32(27)15-19-11-13-20(28)14-12-19/h4-5,8,10-14,17-18,21H,6-7,9,15-16H2,1-3H3,(H,30,34)/t17-,18+,21+,27-/m1/s1. The van der Waals surface area contributed by atoms with Gasteiger partial charge in [-0.1, -0.05) is 62.6 Å². The van der Waals surface area contributed by atoms with E-state index < -0.39 is 5.54 Å². The molecule has 5 rings (SSSR count). The Balaban J connectivity index is 1.54. The fourth-order valence-corrected chi connectivity index (χ4v) is 5.59. The minimum absolute atomic E-state index is 0.107. The molecule has 0 saturated heterocycles. The maximum absolute atomic E-state index is 13.9. The van der Waals surface area contributed by atoms with Gasteiger partial charge in [0, 0.05) is 17.6 Å². The highest BCUT2D eigenvalue weighted by atomic mass is 35.5. The van der Waals surface area contributed by atoms with Crippen LogP contribution in [0.2, 0.25) is 5.02 Å². The van der Waals surface area contributed by atoms with Crippen LogP contribution in [0.25, 0.3) is 11.0 Å². The third-order valence-electron chi connectivity index (χ3n) is 7.92. The third-order valence-corrected chi connectivity index (χ3v) is 8.17. The number of fused-ring (bicyclic) bond motifs is 3. The zero-order chi connectivity index (χ0) is 24.0. The molecule has 1 fully saturated rings. The number of aromatic nitrogens is 2. The van der Waals surface area contributed by atoms with E-state index in [-0.39, 0.29) is 17.9 Å². The van der Waals surface area contributed by atoms with Crippen LogP contribution in [0.15, 0.2) is 48.5 Å². The van der Waals surface area contributed by atoms with Gasteiger partial charge in [-0.3, -0.25) is 9.59 Å². The molecule has 4 atom stereocenters. The maximum atomic E-state index is 13.9. The fraction of sp³-hybridized carbons (Fsp3) is 0.444. The summed E-state index contributed by atoms with van der Waals surface area (Å²) >= 11 is 6.08. The quantitative estimate of drug-likeness (QED) is 0.570. The predicted octanol–water partition coefficient (Wildman–Crippen LogP) is 5.05. The number of imidazole rings is 1. The van der Waals surface area contributed by atoms with E-state index >= 15 is 0 Å². The Labute approximate surface area is 205 Å². The van der Waals surface area contributed by atoms with E-state index in [4.69, 9.17) is 11.6 Å². The zero-order valence-electron chi connectivity index (χ0n) is 19.9. The second-order valence-corrected chi connectivity index (χ2v) is 10.6. The molecule has 178 valence electrons. The molecule has 0 radical (unpaired) electrons. The Hall–Kier alpha value is -2.86. The number of nitrogens with one attached hydrogen (secondary N) is 1. The molecule has 0 unspecified atom stereocenters. The van der Waals surface area contributed by atoms with Crippen molar-refractivity contribution in [3.8, 4) is 0 Å². The van der Waals surface area contributed by atoms with Crippen molar-refractivity contribution in [2.24, 2.45) is 11.8 Å². The summed E-state index contributed by atoms with van der Waals surface area (Å²) in [4.78, 5) is 34.1. The number of halogens is 1. The lowest BCUT2D eigenvalue weighted by Gasteiger charge is -2.45. The van der Waals surface area contributed by atoms with Crippen LogP contribution in [0.5, 0.6) is 0 Å². The van der Waals surface area contributed by atoms with Crippen molar-refractivity contribution in [1.82, 2.24) is 19.8 Å². The molecule has 1 saturated carbocycles. The van der Waals surface area contributed by atoms with Crippen molar-refractivity contribution in [3.05, 3.63) is 64.9 Å². The van der Waals surface area contributed by atoms with Crippen molar-refractivity contribution < 1.29 is 9.59 Å². The maximum Gasteiger partial charge on any atom is 0.291 e. The summed E-state index contributed by atoms with van der Waals surface area (Å²) in [6, 6.07) is 15.2. The van der Waals surface area contributed by atoms with Gasteiger partial charge in [-0.05, 0) is 55.0 Å². The number of amides is 2. The molecule has 34 heavy (non-hydrogen) atoms. The predicted molar refractivity (Wildman–Crippen MR) is 134 cm³/mol. The van der Waals surface area contributed by atoms with Crippen molar-refractivity contribution in [1.29, 1.82) is 0 Å². The summed E-state index contributed by atoms with van der Waals surface area (Å²) in [7, 11) is 0. The van der Waals surface area contributed by atoms with Gasteiger partial charge < -0.3 is 14.8 Å². The molecule has 1 aliphatic heterocycles. The van der Waals surface area contributed by atoms with Crippen LogP contribution in [0.4, 0.5) is 0 Å². The highest BCUT2D eigenvalue weighted by Gasteiger charge is 2.49. The highest BCUT2D eigenvalue weighted by molar-refractivity contribution is 6.30. The van der Waals surface area contributed by atoms with Gasteiger partial charge in [0.1, 0.15) is 5.54 Å². The molecule has 0 bridgehead atoms. The smallest absolute Gasteiger partial charge is 0.291 e. The molecule has 2 amide bonds. The average Bonchev–Trinajstić information content (AvgIpc) is 3.19. The van der Waals surface area contributed by atoms with E-state index in [2.05, 4.69) is 24.1 Å². The second kappa shape index (κ2) is 8.73. The minimum atomic E-state index is -1.06. The minimum Gasteiger partial charge on any atom is -0.351 e. The first-order valence-corrected chi connectivity index (χ1v) is 12.5. The van der Waals surface area contributed by atoms with Crippen molar-refractivity contribution >= 4 is 34.4 Å². The number of hydrogen-bond acceptors (Lipinski definition) is 3. The molecule has 1 N–H and O–H groups in total.